The topological polar surface area (TPSA) is 110 Å². The molecule has 1 fully saturated rings. The van der Waals surface area contributed by atoms with Crippen LogP contribution in [0, 0.1) is 5.92 Å². The molecule has 3 aromatic rings. The van der Waals surface area contributed by atoms with Crippen molar-refractivity contribution in [3.05, 3.63) is 88.3 Å². The Kier molecular flexibility index (Phi) is 6.44. The maximum atomic E-state index is 13.2. The number of aromatic nitrogens is 1. The first-order chi connectivity index (χ1) is 17.3. The van der Waals surface area contributed by atoms with Crippen LogP contribution in [0.4, 0.5) is 16.2 Å². The predicted molar refractivity (Wildman–Crippen MR) is 138 cm³/mol. The second kappa shape index (κ2) is 9.69. The van der Waals surface area contributed by atoms with Crippen LogP contribution in [-0.2, 0) is 22.3 Å². The number of nitrogens with one attached hydrogen (secondary N) is 2. The summed E-state index contributed by atoms with van der Waals surface area (Å²) >= 11 is 0. The van der Waals surface area contributed by atoms with Gasteiger partial charge in [-0.1, -0.05) is 30.3 Å². The molecule has 2 unspecified atom stereocenters. The van der Waals surface area contributed by atoms with Crippen LogP contribution in [0.2, 0.25) is 0 Å². The number of hydrogen-bond acceptors (Lipinski definition) is 5. The third kappa shape index (κ3) is 5.08. The van der Waals surface area contributed by atoms with Gasteiger partial charge in [0.1, 0.15) is 11.4 Å². The first-order valence-electron chi connectivity index (χ1n) is 11.8. The van der Waals surface area contributed by atoms with Gasteiger partial charge in [-0.15, -0.1) is 0 Å². The second-order valence-electron chi connectivity index (χ2n) is 9.30. The lowest BCUT2D eigenvalue weighted by atomic mass is 9.83. The van der Waals surface area contributed by atoms with E-state index < -0.39 is 10.0 Å². The van der Waals surface area contributed by atoms with Crippen LogP contribution in [0.15, 0.2) is 71.5 Å². The van der Waals surface area contributed by atoms with Crippen molar-refractivity contribution in [2.24, 2.45) is 5.92 Å². The van der Waals surface area contributed by atoms with Crippen LogP contribution in [0.3, 0.4) is 0 Å². The average molecular weight is 509 g/mol. The summed E-state index contributed by atoms with van der Waals surface area (Å²) < 4.78 is 34.6. The molecular weight excluding hydrogens is 480 g/mol. The molecule has 0 aliphatic carbocycles. The Labute approximate surface area is 209 Å². The molecule has 1 saturated heterocycles. The molecule has 2 N–H and O–H groups in total. The highest BCUT2D eigenvalue weighted by Crippen LogP contribution is 2.35. The minimum absolute atomic E-state index is 0.00166. The van der Waals surface area contributed by atoms with Crippen LogP contribution < -0.4 is 20.3 Å². The summed E-state index contributed by atoms with van der Waals surface area (Å²) in [6.07, 6.45) is 0.880. The molecule has 2 bridgehead atoms. The van der Waals surface area contributed by atoms with Gasteiger partial charge in [-0.05, 0) is 54.3 Å². The quantitative estimate of drug-likeness (QED) is 0.530. The van der Waals surface area contributed by atoms with E-state index in [9.17, 15) is 18.0 Å². The lowest BCUT2D eigenvalue weighted by Gasteiger charge is -2.42. The predicted octanol–water partition coefficient (Wildman–Crippen LogP) is 3.45. The van der Waals surface area contributed by atoms with Gasteiger partial charge in [-0.2, -0.15) is 0 Å². The number of sulfonamides is 1. The number of rotatable bonds is 6. The van der Waals surface area contributed by atoms with Crippen molar-refractivity contribution in [2.45, 2.75) is 24.6 Å². The standard InChI is InChI=1S/C26H28N4O5S/c1-35-22-9-7-21(8-10-22)27-26(32)29-14-19-13-20(16-29)24-12-11-23(25(31)30(24)15-19)28-36(33,34)17-18-5-3-2-4-6-18/h2-12,19-20,28H,13-17H2,1H3,(H,27,32). The molecule has 2 aliphatic heterocycles. The van der Waals surface area contributed by atoms with Crippen molar-refractivity contribution in [1.82, 2.24) is 9.47 Å². The normalized spacial score (nSPS) is 18.8. The number of carbonyl (C=O) groups excluding carboxylic acids is 1. The van der Waals surface area contributed by atoms with Crippen molar-refractivity contribution in [2.75, 3.05) is 30.2 Å². The van der Waals surface area contributed by atoms with Gasteiger partial charge in [0, 0.05) is 36.9 Å². The maximum Gasteiger partial charge on any atom is 0.321 e. The Morgan fingerprint density at radius 1 is 1.00 bits per heavy atom. The van der Waals surface area contributed by atoms with Gasteiger partial charge in [-0.25, -0.2) is 13.2 Å². The van der Waals surface area contributed by atoms with Gasteiger partial charge in [0.05, 0.1) is 12.9 Å². The number of ether oxygens (including phenoxy) is 1. The minimum Gasteiger partial charge on any atom is -0.497 e. The molecular formula is C26H28N4O5S. The molecule has 36 heavy (non-hydrogen) atoms. The molecule has 188 valence electrons. The highest BCUT2D eigenvalue weighted by Gasteiger charge is 2.37. The Balaban J connectivity index is 1.30. The number of piperidine rings is 1. The van der Waals surface area contributed by atoms with Gasteiger partial charge in [0.15, 0.2) is 0 Å². The van der Waals surface area contributed by atoms with E-state index in [0.29, 0.717) is 36.6 Å². The van der Waals surface area contributed by atoms with Crippen molar-refractivity contribution in [3.8, 4) is 5.75 Å². The largest absolute Gasteiger partial charge is 0.497 e. The Bertz CT molecular complexity index is 1420. The number of anilines is 2. The van der Waals surface area contributed by atoms with E-state index >= 15 is 0 Å². The van der Waals surface area contributed by atoms with E-state index in [0.717, 1.165) is 12.1 Å². The van der Waals surface area contributed by atoms with Gasteiger partial charge >= 0.3 is 6.03 Å². The zero-order chi connectivity index (χ0) is 25.3. The average Bonchev–Trinajstić information content (AvgIpc) is 2.86. The lowest BCUT2D eigenvalue weighted by molar-refractivity contribution is 0.139. The summed E-state index contributed by atoms with van der Waals surface area (Å²) in [6, 6.07) is 19.1. The number of nitrogens with zero attached hydrogens (tertiary/aromatic N) is 2. The summed E-state index contributed by atoms with van der Waals surface area (Å²) in [5, 5.41) is 2.93. The monoisotopic (exact) mass is 508 g/mol. The highest BCUT2D eigenvalue weighted by molar-refractivity contribution is 7.91. The molecule has 5 rings (SSSR count). The lowest BCUT2D eigenvalue weighted by Crippen LogP contribution is -2.50. The number of carbonyl (C=O) groups is 1. The molecule has 2 amide bonds. The van der Waals surface area contributed by atoms with E-state index in [4.69, 9.17) is 4.74 Å². The molecule has 0 saturated carbocycles. The van der Waals surface area contributed by atoms with E-state index in [-0.39, 0.29) is 34.9 Å². The van der Waals surface area contributed by atoms with Crippen LogP contribution in [0.5, 0.6) is 5.75 Å². The van der Waals surface area contributed by atoms with E-state index in [1.807, 2.05) is 6.07 Å². The van der Waals surface area contributed by atoms with Gasteiger partial charge < -0.3 is 19.5 Å². The summed E-state index contributed by atoms with van der Waals surface area (Å²) in [5.41, 5.74) is 1.84. The molecule has 1 aromatic heterocycles. The molecule has 2 aliphatic rings. The summed E-state index contributed by atoms with van der Waals surface area (Å²) in [7, 11) is -2.15. The second-order valence-corrected chi connectivity index (χ2v) is 11.0. The van der Waals surface area contributed by atoms with Gasteiger partial charge in [0.2, 0.25) is 10.0 Å². The zero-order valence-corrected chi connectivity index (χ0v) is 20.7. The molecule has 9 nitrogen and oxygen atoms in total. The van der Waals surface area contributed by atoms with E-state index in [1.54, 1.807) is 71.2 Å². The minimum atomic E-state index is -3.74. The van der Waals surface area contributed by atoms with Gasteiger partial charge in [0.25, 0.3) is 5.56 Å². The van der Waals surface area contributed by atoms with Crippen LogP contribution in [0.1, 0.15) is 23.6 Å². The summed E-state index contributed by atoms with van der Waals surface area (Å²) in [5.74, 6) is 0.608. The van der Waals surface area contributed by atoms with E-state index in [2.05, 4.69) is 10.0 Å². The molecule has 2 aromatic carbocycles. The fourth-order valence-corrected chi connectivity index (χ4v) is 6.26. The Hall–Kier alpha value is -3.79. The number of methoxy groups -OCH3 is 1. The summed E-state index contributed by atoms with van der Waals surface area (Å²) in [4.78, 5) is 27.9. The molecule has 2 atom stereocenters. The number of benzene rings is 2. The first kappa shape index (κ1) is 23.9. The molecule has 3 heterocycles. The van der Waals surface area contributed by atoms with E-state index in [1.165, 1.54) is 6.07 Å². The molecule has 0 spiro atoms. The van der Waals surface area contributed by atoms with Crippen LogP contribution >= 0.6 is 0 Å². The maximum absolute atomic E-state index is 13.2. The molecule has 0 radical (unpaired) electrons. The van der Waals surface area contributed by atoms with Gasteiger partial charge in [-0.3, -0.25) is 9.52 Å². The Morgan fingerprint density at radius 3 is 2.47 bits per heavy atom. The number of likely N-dealkylation sites (tertiary alicyclic amines) is 1. The smallest absolute Gasteiger partial charge is 0.321 e. The highest BCUT2D eigenvalue weighted by atomic mass is 32.2. The first-order valence-corrected chi connectivity index (χ1v) is 13.4. The number of amides is 2. The van der Waals surface area contributed by atoms with Crippen LogP contribution in [0.25, 0.3) is 0 Å². The number of pyridine rings is 1. The van der Waals surface area contributed by atoms with Crippen molar-refractivity contribution < 1.29 is 17.9 Å². The molecule has 10 heteroatoms. The summed E-state index contributed by atoms with van der Waals surface area (Å²) in [6.45, 7) is 1.44. The third-order valence-corrected chi connectivity index (χ3v) is 7.94. The number of urea groups is 1. The third-order valence-electron chi connectivity index (χ3n) is 6.70. The zero-order valence-electron chi connectivity index (χ0n) is 19.9. The number of fused-ring (bicyclic) bond motifs is 4. The Morgan fingerprint density at radius 2 is 1.75 bits per heavy atom. The van der Waals surface area contributed by atoms with Crippen LogP contribution in [-0.4, -0.2) is 44.1 Å². The fraction of sp³-hybridized carbons (Fsp3) is 0.308. The number of hydrogen-bond donors (Lipinski definition) is 2. The SMILES string of the molecule is COc1ccc(NC(=O)N2CC3CC(C2)c2ccc(NS(=O)(=O)Cc4ccccc4)c(=O)n2C3)cc1. The fourth-order valence-electron chi connectivity index (χ4n) is 5.06. The van der Waals surface area contributed by atoms with Crippen molar-refractivity contribution in [1.29, 1.82) is 0 Å². The van der Waals surface area contributed by atoms with Crippen molar-refractivity contribution in [3.63, 3.8) is 0 Å². The van der Waals surface area contributed by atoms with Crippen molar-refractivity contribution >= 4 is 27.4 Å².